The molecule has 0 aliphatic rings. The number of aromatic nitrogens is 2. The number of nitrogens with zero attached hydrogens (tertiary/aromatic N) is 2. The number of hydrogen-bond donors (Lipinski definition) is 2. The van der Waals surface area contributed by atoms with Crippen molar-refractivity contribution >= 4 is 22.8 Å². The van der Waals surface area contributed by atoms with Crippen molar-refractivity contribution in [3.63, 3.8) is 0 Å². The lowest BCUT2D eigenvalue weighted by Crippen LogP contribution is -2.39. The van der Waals surface area contributed by atoms with Gasteiger partial charge >= 0.3 is 0 Å². The van der Waals surface area contributed by atoms with E-state index >= 15 is 0 Å². The Morgan fingerprint density at radius 1 is 1.35 bits per heavy atom. The van der Waals surface area contributed by atoms with Crippen molar-refractivity contribution in [2.45, 2.75) is 45.0 Å². The molecule has 0 saturated heterocycles. The third-order valence-electron chi connectivity index (χ3n) is 3.35. The predicted octanol–water partition coefficient (Wildman–Crippen LogP) is 2.57. The largest absolute Gasteiger partial charge is 0.328 e. The van der Waals surface area contributed by atoms with Gasteiger partial charge in [-0.15, -0.1) is 0 Å². The van der Waals surface area contributed by atoms with E-state index in [0.29, 0.717) is 5.25 Å². The quantitative estimate of drug-likeness (QED) is 0.608. The minimum absolute atomic E-state index is 0.254. The topological polar surface area (TPSA) is 55.9 Å². The monoisotopic (exact) mass is 292 g/mol. The average molecular weight is 292 g/mol. The summed E-state index contributed by atoms with van der Waals surface area (Å²) in [7, 11) is 0. The number of nitrogens with one attached hydrogen (secondary N) is 1. The smallest absolute Gasteiger partial charge is 0.111 e. The van der Waals surface area contributed by atoms with Crippen LogP contribution in [0, 0.1) is 0 Å². The van der Waals surface area contributed by atoms with Crippen LogP contribution in [0.2, 0.25) is 0 Å². The van der Waals surface area contributed by atoms with E-state index in [0.717, 1.165) is 30.1 Å². The number of imidazole rings is 1. The Kier molecular flexibility index (Phi) is 5.46. The zero-order valence-corrected chi connectivity index (χ0v) is 13.3. The van der Waals surface area contributed by atoms with Crippen molar-refractivity contribution < 1.29 is 0 Å². The van der Waals surface area contributed by atoms with Gasteiger partial charge in [-0.2, -0.15) is 11.8 Å². The first kappa shape index (κ1) is 15.4. The molecule has 5 heteroatoms. The standard InChI is InChI=1S/C15H24N4S/c1-4-19-14-8-6-5-7-13(14)17-15(19)9-12(18-16)10-20-11(2)3/h5-8,11-12,18H,4,9-10,16H2,1-3H3. The number of benzene rings is 1. The molecule has 0 bridgehead atoms. The van der Waals surface area contributed by atoms with E-state index in [-0.39, 0.29) is 6.04 Å². The minimum Gasteiger partial charge on any atom is -0.328 e. The molecule has 3 N–H and O–H groups in total. The first-order valence-corrected chi connectivity index (χ1v) is 8.22. The molecule has 1 heterocycles. The van der Waals surface area contributed by atoms with Gasteiger partial charge in [0, 0.05) is 24.8 Å². The van der Waals surface area contributed by atoms with Crippen molar-refractivity contribution in [2.24, 2.45) is 5.84 Å². The number of fused-ring (bicyclic) bond motifs is 1. The lowest BCUT2D eigenvalue weighted by molar-refractivity contribution is 0.546. The van der Waals surface area contributed by atoms with Gasteiger partial charge in [-0.25, -0.2) is 4.98 Å². The van der Waals surface area contributed by atoms with Crippen LogP contribution >= 0.6 is 11.8 Å². The summed E-state index contributed by atoms with van der Waals surface area (Å²) in [6, 6.07) is 8.55. The molecule has 4 nitrogen and oxygen atoms in total. The van der Waals surface area contributed by atoms with E-state index in [4.69, 9.17) is 10.8 Å². The lowest BCUT2D eigenvalue weighted by atomic mass is 10.2. The second kappa shape index (κ2) is 7.11. The Bertz CT molecular complexity index is 550. The van der Waals surface area contributed by atoms with Gasteiger partial charge in [0.25, 0.3) is 0 Å². The maximum absolute atomic E-state index is 5.69. The van der Waals surface area contributed by atoms with Gasteiger partial charge in [0.05, 0.1) is 11.0 Å². The Labute approximate surface area is 125 Å². The van der Waals surface area contributed by atoms with Gasteiger partial charge in [0.15, 0.2) is 0 Å². The number of aryl methyl sites for hydroxylation is 1. The van der Waals surface area contributed by atoms with Crippen molar-refractivity contribution in [2.75, 3.05) is 5.75 Å². The Morgan fingerprint density at radius 2 is 2.10 bits per heavy atom. The predicted molar refractivity (Wildman–Crippen MR) is 87.8 cm³/mol. The molecule has 110 valence electrons. The molecule has 1 atom stereocenters. The van der Waals surface area contributed by atoms with Crippen molar-refractivity contribution in [3.05, 3.63) is 30.1 Å². The molecular formula is C15H24N4S. The molecule has 2 aromatic rings. The van der Waals surface area contributed by atoms with Crippen molar-refractivity contribution in [3.8, 4) is 0 Å². The summed E-state index contributed by atoms with van der Waals surface area (Å²) < 4.78 is 2.28. The van der Waals surface area contributed by atoms with E-state index in [9.17, 15) is 0 Å². The number of thioether (sulfide) groups is 1. The van der Waals surface area contributed by atoms with Crippen LogP contribution < -0.4 is 11.3 Å². The number of hydrogen-bond acceptors (Lipinski definition) is 4. The molecular weight excluding hydrogens is 268 g/mol. The Balaban J connectivity index is 2.19. The van der Waals surface area contributed by atoms with Crippen LogP contribution in [0.4, 0.5) is 0 Å². The van der Waals surface area contributed by atoms with Crippen molar-refractivity contribution in [1.29, 1.82) is 0 Å². The summed E-state index contributed by atoms with van der Waals surface area (Å²) in [5.74, 6) is 7.81. The Hall–Kier alpha value is -1.04. The van der Waals surface area contributed by atoms with Crippen LogP contribution in [0.3, 0.4) is 0 Å². The summed E-state index contributed by atoms with van der Waals surface area (Å²) in [5, 5.41) is 0.621. The van der Waals surface area contributed by atoms with E-state index < -0.39 is 0 Å². The van der Waals surface area contributed by atoms with Gasteiger partial charge in [-0.3, -0.25) is 11.3 Å². The van der Waals surface area contributed by atoms with Gasteiger partial charge in [0.2, 0.25) is 0 Å². The average Bonchev–Trinajstić information content (AvgIpc) is 2.80. The highest BCUT2D eigenvalue weighted by Gasteiger charge is 2.15. The first-order valence-electron chi connectivity index (χ1n) is 7.17. The molecule has 0 saturated carbocycles. The van der Waals surface area contributed by atoms with Crippen LogP contribution in [0.15, 0.2) is 24.3 Å². The summed E-state index contributed by atoms with van der Waals surface area (Å²) in [6.45, 7) is 7.51. The van der Waals surface area contributed by atoms with Gasteiger partial charge in [-0.1, -0.05) is 26.0 Å². The molecule has 2 rings (SSSR count). The highest BCUT2D eigenvalue weighted by molar-refractivity contribution is 7.99. The molecule has 0 spiro atoms. The van der Waals surface area contributed by atoms with E-state index in [1.807, 2.05) is 17.8 Å². The second-order valence-electron chi connectivity index (χ2n) is 5.21. The molecule has 0 fully saturated rings. The van der Waals surface area contributed by atoms with Crippen LogP contribution in [-0.2, 0) is 13.0 Å². The SMILES string of the molecule is CCn1c(CC(CSC(C)C)NN)nc2ccccc21. The zero-order chi connectivity index (χ0) is 14.5. The normalized spacial score (nSPS) is 13.2. The number of nitrogens with two attached hydrogens (primary N) is 1. The fraction of sp³-hybridized carbons (Fsp3) is 0.533. The fourth-order valence-corrected chi connectivity index (χ4v) is 3.16. The minimum atomic E-state index is 0.254. The Morgan fingerprint density at radius 3 is 2.75 bits per heavy atom. The van der Waals surface area contributed by atoms with Crippen LogP contribution in [-0.4, -0.2) is 26.6 Å². The summed E-state index contributed by atoms with van der Waals surface area (Å²) in [4.78, 5) is 4.76. The number of hydrazine groups is 1. The maximum Gasteiger partial charge on any atom is 0.111 e. The molecule has 1 aromatic carbocycles. The van der Waals surface area contributed by atoms with Crippen molar-refractivity contribution in [1.82, 2.24) is 15.0 Å². The van der Waals surface area contributed by atoms with Gasteiger partial charge < -0.3 is 4.57 Å². The lowest BCUT2D eigenvalue weighted by Gasteiger charge is -2.17. The molecule has 1 aromatic heterocycles. The van der Waals surface area contributed by atoms with Gasteiger partial charge in [-0.05, 0) is 24.3 Å². The van der Waals surface area contributed by atoms with Crippen LogP contribution in [0.5, 0.6) is 0 Å². The maximum atomic E-state index is 5.69. The number of rotatable bonds is 7. The first-order chi connectivity index (χ1) is 9.65. The van der Waals surface area contributed by atoms with E-state index in [1.165, 1.54) is 5.52 Å². The highest BCUT2D eigenvalue weighted by atomic mass is 32.2. The van der Waals surface area contributed by atoms with Crippen LogP contribution in [0.1, 0.15) is 26.6 Å². The third-order valence-corrected chi connectivity index (χ3v) is 4.61. The molecule has 0 aliphatic heterocycles. The van der Waals surface area contributed by atoms with Crippen LogP contribution in [0.25, 0.3) is 11.0 Å². The van der Waals surface area contributed by atoms with E-state index in [1.54, 1.807) is 0 Å². The molecule has 1 unspecified atom stereocenters. The summed E-state index contributed by atoms with van der Waals surface area (Å²) >= 11 is 1.92. The number of para-hydroxylation sites is 2. The van der Waals surface area contributed by atoms with E-state index in [2.05, 4.69) is 49.0 Å². The molecule has 0 aliphatic carbocycles. The zero-order valence-electron chi connectivity index (χ0n) is 12.5. The summed E-state index contributed by atoms with van der Waals surface area (Å²) in [5.41, 5.74) is 5.20. The molecule has 20 heavy (non-hydrogen) atoms. The molecule has 0 amide bonds. The third kappa shape index (κ3) is 3.53. The fourth-order valence-electron chi connectivity index (χ4n) is 2.33. The highest BCUT2D eigenvalue weighted by Crippen LogP contribution is 2.18. The summed E-state index contributed by atoms with van der Waals surface area (Å²) in [6.07, 6.45) is 0.860. The second-order valence-corrected chi connectivity index (χ2v) is 6.82. The van der Waals surface area contributed by atoms with Gasteiger partial charge in [0.1, 0.15) is 5.82 Å². The molecule has 0 radical (unpaired) electrons.